The van der Waals surface area contributed by atoms with Crippen molar-refractivity contribution in [3.63, 3.8) is 0 Å². The normalized spacial score (nSPS) is 21.2. The van der Waals surface area contributed by atoms with Crippen LogP contribution in [0.5, 0.6) is 0 Å². The molecule has 1 saturated heterocycles. The van der Waals surface area contributed by atoms with Crippen LogP contribution in [0.2, 0.25) is 0 Å². The molecule has 5 atom stereocenters. The zero-order chi connectivity index (χ0) is 33.7. The summed E-state index contributed by atoms with van der Waals surface area (Å²) in [5, 5.41) is 8.02. The lowest BCUT2D eigenvalue weighted by atomic mass is 9.85. The molecule has 0 radical (unpaired) electrons. The number of ether oxygens (including phenoxy) is 1. The van der Waals surface area contributed by atoms with E-state index in [-0.39, 0.29) is 30.2 Å². The molecule has 0 spiro atoms. The van der Waals surface area contributed by atoms with Gasteiger partial charge in [-0.15, -0.1) is 6.58 Å². The Morgan fingerprint density at radius 2 is 1.71 bits per heavy atom. The van der Waals surface area contributed by atoms with Gasteiger partial charge in [0, 0.05) is 12.1 Å². The van der Waals surface area contributed by atoms with E-state index in [0.717, 1.165) is 5.56 Å². The van der Waals surface area contributed by atoms with Crippen molar-refractivity contribution >= 4 is 29.6 Å². The van der Waals surface area contributed by atoms with Crippen LogP contribution in [0.15, 0.2) is 43.0 Å². The number of allylic oxidation sites excluding steroid dienone is 1. The molecule has 1 aliphatic heterocycles. The lowest BCUT2D eigenvalue weighted by Gasteiger charge is -2.38. The molecule has 2 aliphatic rings. The molecule has 1 aromatic rings. The van der Waals surface area contributed by atoms with Crippen molar-refractivity contribution in [1.29, 1.82) is 0 Å². The molecule has 0 bridgehead atoms. The maximum atomic E-state index is 14.1. The first-order valence-electron chi connectivity index (χ1n) is 15.5. The molecule has 10 nitrogen and oxygen atoms in total. The number of carbonyl (C=O) groups is 5. The zero-order valence-corrected chi connectivity index (χ0v) is 27.8. The van der Waals surface area contributed by atoms with E-state index in [4.69, 9.17) is 4.74 Å². The fraction of sp³-hybridized carbons (Fsp3) is 0.571. The van der Waals surface area contributed by atoms with Crippen molar-refractivity contribution in [3.05, 3.63) is 48.6 Å². The van der Waals surface area contributed by atoms with Crippen molar-refractivity contribution in [2.24, 2.45) is 22.7 Å². The number of amides is 4. The molecule has 4 amide bonds. The average Bonchev–Trinajstić information content (AvgIpc) is 3.26. The minimum absolute atomic E-state index is 0.0384. The van der Waals surface area contributed by atoms with E-state index in [1.54, 1.807) is 26.8 Å². The lowest BCUT2D eigenvalue weighted by Crippen LogP contribution is -2.60. The van der Waals surface area contributed by atoms with Crippen LogP contribution in [0.1, 0.15) is 73.8 Å². The van der Waals surface area contributed by atoms with Gasteiger partial charge in [0.1, 0.15) is 17.7 Å². The molecule has 1 aromatic carbocycles. The standard InChI is InChI=1S/C35H48N4O6/c1-10-11-19-24(27(40)30(42)36-20-15-18-22-16-13-12-14-17-22)37-29(41)26-25-23(35(25,8)9)21-39(26)31(43)28(33(2,3)4)38-32(44)45-34(5,6)7/h10,12-14,16-17,23-26,28H,1,11,19-21H2,2-9H3,(H,36,42)(H,37,41)(H,38,44). The van der Waals surface area contributed by atoms with Crippen LogP contribution >= 0.6 is 0 Å². The van der Waals surface area contributed by atoms with Gasteiger partial charge in [0.05, 0.1) is 12.6 Å². The predicted octanol–water partition coefficient (Wildman–Crippen LogP) is 3.60. The van der Waals surface area contributed by atoms with Crippen LogP contribution in [0.25, 0.3) is 0 Å². The number of hydrogen-bond acceptors (Lipinski definition) is 6. The quantitative estimate of drug-likeness (QED) is 0.208. The molecule has 1 saturated carbocycles. The lowest BCUT2D eigenvalue weighted by molar-refractivity contribution is -0.145. The third kappa shape index (κ3) is 8.96. The van der Waals surface area contributed by atoms with Gasteiger partial charge in [0.25, 0.3) is 5.91 Å². The van der Waals surface area contributed by atoms with E-state index < -0.39 is 58.7 Å². The second-order valence-corrected chi connectivity index (χ2v) is 14.5. The van der Waals surface area contributed by atoms with Crippen molar-refractivity contribution in [2.75, 3.05) is 13.1 Å². The first kappa shape index (κ1) is 35.4. The minimum atomic E-state index is -1.12. The Labute approximate surface area is 267 Å². The first-order valence-corrected chi connectivity index (χ1v) is 15.5. The van der Waals surface area contributed by atoms with E-state index in [1.807, 2.05) is 51.1 Å². The predicted molar refractivity (Wildman–Crippen MR) is 172 cm³/mol. The molecule has 10 heteroatoms. The number of hydrogen-bond donors (Lipinski definition) is 3. The zero-order valence-electron chi connectivity index (χ0n) is 27.8. The van der Waals surface area contributed by atoms with Gasteiger partial charge in [0.15, 0.2) is 0 Å². The maximum Gasteiger partial charge on any atom is 0.408 e. The number of piperidine rings is 1. The van der Waals surface area contributed by atoms with Crippen molar-refractivity contribution in [3.8, 4) is 11.8 Å². The first-order chi connectivity index (χ1) is 20.9. The number of carbonyl (C=O) groups excluding carboxylic acids is 5. The SMILES string of the molecule is C=CCCC(NC(=O)C1C2C(CN1C(=O)C(NC(=O)OC(C)(C)C)C(C)(C)C)C2(C)C)C(=O)C(=O)NCC#Cc1ccccc1. The van der Waals surface area contributed by atoms with E-state index in [2.05, 4.69) is 48.2 Å². The Kier molecular flexibility index (Phi) is 10.9. The summed E-state index contributed by atoms with van der Waals surface area (Å²) in [6.45, 7) is 18.8. The Morgan fingerprint density at radius 3 is 2.29 bits per heavy atom. The number of nitrogens with one attached hydrogen (secondary N) is 3. The summed E-state index contributed by atoms with van der Waals surface area (Å²) in [4.78, 5) is 68.2. The third-order valence-corrected chi connectivity index (χ3v) is 8.39. The van der Waals surface area contributed by atoms with Crippen LogP contribution in [0, 0.1) is 34.5 Å². The highest BCUT2D eigenvalue weighted by atomic mass is 16.6. The molecule has 45 heavy (non-hydrogen) atoms. The van der Waals surface area contributed by atoms with Crippen molar-refractivity contribution in [1.82, 2.24) is 20.9 Å². The topological polar surface area (TPSA) is 134 Å². The number of rotatable bonds is 10. The third-order valence-electron chi connectivity index (χ3n) is 8.39. The van der Waals surface area contributed by atoms with Crippen LogP contribution in [0.4, 0.5) is 4.79 Å². The highest BCUT2D eigenvalue weighted by Crippen LogP contribution is 2.65. The Bertz CT molecular complexity index is 1360. The summed E-state index contributed by atoms with van der Waals surface area (Å²) in [5.41, 5.74) is -0.864. The molecule has 2 fully saturated rings. The Balaban J connectivity index is 1.77. The van der Waals surface area contributed by atoms with Gasteiger partial charge in [-0.1, -0.05) is 70.7 Å². The number of ketones is 1. The highest BCUT2D eigenvalue weighted by molar-refractivity contribution is 6.38. The second kappa shape index (κ2) is 13.9. The van der Waals surface area contributed by atoms with Gasteiger partial charge >= 0.3 is 6.09 Å². The average molecular weight is 621 g/mol. The summed E-state index contributed by atoms with van der Waals surface area (Å²) in [5.74, 6) is 3.11. The molecular formula is C35H48N4O6. The van der Waals surface area contributed by atoms with Gasteiger partial charge in [-0.05, 0) is 68.4 Å². The van der Waals surface area contributed by atoms with E-state index in [0.29, 0.717) is 13.0 Å². The number of likely N-dealkylation sites (tertiary alicyclic amines) is 1. The summed E-state index contributed by atoms with van der Waals surface area (Å²) >= 11 is 0. The monoisotopic (exact) mass is 620 g/mol. The fourth-order valence-corrected chi connectivity index (χ4v) is 5.90. The van der Waals surface area contributed by atoms with Gasteiger partial charge < -0.3 is 25.6 Å². The van der Waals surface area contributed by atoms with E-state index in [9.17, 15) is 24.0 Å². The van der Waals surface area contributed by atoms with Crippen molar-refractivity contribution < 1.29 is 28.7 Å². The van der Waals surface area contributed by atoms with Crippen LogP contribution in [0.3, 0.4) is 0 Å². The number of fused-ring (bicyclic) bond motifs is 1. The molecule has 0 aromatic heterocycles. The Morgan fingerprint density at radius 1 is 1.07 bits per heavy atom. The van der Waals surface area contributed by atoms with Crippen LogP contribution < -0.4 is 16.0 Å². The molecular weight excluding hydrogens is 572 g/mol. The van der Waals surface area contributed by atoms with E-state index >= 15 is 0 Å². The van der Waals surface area contributed by atoms with Gasteiger partial charge in [-0.2, -0.15) is 0 Å². The molecule has 3 rings (SSSR count). The summed E-state index contributed by atoms with van der Waals surface area (Å²) < 4.78 is 5.42. The molecule has 1 aliphatic carbocycles. The molecule has 3 N–H and O–H groups in total. The summed E-state index contributed by atoms with van der Waals surface area (Å²) in [7, 11) is 0. The molecule has 1 heterocycles. The Hall–Kier alpha value is -4.13. The van der Waals surface area contributed by atoms with Crippen LogP contribution in [-0.4, -0.2) is 71.3 Å². The highest BCUT2D eigenvalue weighted by Gasteiger charge is 2.70. The minimum Gasteiger partial charge on any atom is -0.444 e. The summed E-state index contributed by atoms with van der Waals surface area (Å²) in [6.07, 6.45) is 1.43. The number of nitrogens with zero attached hydrogens (tertiary/aromatic N) is 1. The van der Waals surface area contributed by atoms with E-state index in [1.165, 1.54) is 4.90 Å². The second-order valence-electron chi connectivity index (χ2n) is 14.5. The van der Waals surface area contributed by atoms with Crippen molar-refractivity contribution in [2.45, 2.75) is 92.0 Å². The number of Topliss-reactive ketones (excluding diaryl/α,β-unsaturated/α-hetero) is 1. The number of alkyl carbamates (subject to hydrolysis) is 1. The van der Waals surface area contributed by atoms with Gasteiger partial charge in [-0.3, -0.25) is 19.2 Å². The molecule has 244 valence electrons. The van der Waals surface area contributed by atoms with Gasteiger partial charge in [0.2, 0.25) is 17.6 Å². The van der Waals surface area contributed by atoms with Crippen LogP contribution in [-0.2, 0) is 23.9 Å². The number of benzene rings is 1. The largest absolute Gasteiger partial charge is 0.444 e. The van der Waals surface area contributed by atoms with Gasteiger partial charge in [-0.25, -0.2) is 4.79 Å². The fourth-order valence-electron chi connectivity index (χ4n) is 5.90. The summed E-state index contributed by atoms with van der Waals surface area (Å²) in [6, 6.07) is 6.29. The molecule has 5 unspecified atom stereocenters. The smallest absolute Gasteiger partial charge is 0.408 e. The maximum absolute atomic E-state index is 14.1.